The minimum atomic E-state index is -0.649. The molecule has 0 spiro atoms. The van der Waals surface area contributed by atoms with Crippen LogP contribution in [0.5, 0.6) is 0 Å². The van der Waals surface area contributed by atoms with E-state index in [1.54, 1.807) is 37.3 Å². The van der Waals surface area contributed by atoms with Crippen LogP contribution < -0.4 is 5.32 Å². The van der Waals surface area contributed by atoms with Crippen LogP contribution in [0.3, 0.4) is 0 Å². The average molecular weight is 562 g/mol. The summed E-state index contributed by atoms with van der Waals surface area (Å²) in [6.45, 7) is 7.46. The third kappa shape index (κ3) is 7.47. The Bertz CT molecular complexity index is 1500. The highest BCUT2D eigenvalue weighted by Gasteiger charge is 2.35. The molecule has 3 amide bonds. The first-order valence-electron chi connectivity index (χ1n) is 13.1. The average Bonchev–Trinajstić information content (AvgIpc) is 3.00. The topological polar surface area (TPSA) is 78.8 Å². The molecule has 0 aromatic heterocycles. The largest absolute Gasteiger partial charge is 0.344 e. The molecule has 1 aliphatic heterocycles. The molecule has 0 bridgehead atoms. The number of aliphatic imine (C=N–C) groups is 1. The van der Waals surface area contributed by atoms with Gasteiger partial charge in [0, 0.05) is 5.70 Å². The van der Waals surface area contributed by atoms with E-state index < -0.39 is 11.8 Å². The summed E-state index contributed by atoms with van der Waals surface area (Å²) in [6.07, 6.45) is 8.29. The highest BCUT2D eigenvalue weighted by atomic mass is 32.2. The maximum atomic E-state index is 13.7. The van der Waals surface area contributed by atoms with Crippen LogP contribution in [0.4, 0.5) is 0 Å². The Balaban J connectivity index is 1.60. The van der Waals surface area contributed by atoms with Gasteiger partial charge in [-0.2, -0.15) is 4.99 Å². The maximum absolute atomic E-state index is 13.7. The van der Waals surface area contributed by atoms with E-state index in [2.05, 4.69) is 16.9 Å². The third-order valence-corrected chi connectivity index (χ3v) is 7.24. The molecule has 4 rings (SSSR count). The molecule has 0 atom stereocenters. The Morgan fingerprint density at radius 1 is 0.976 bits per heavy atom. The fourth-order valence-corrected chi connectivity index (χ4v) is 5.03. The van der Waals surface area contributed by atoms with E-state index in [1.807, 2.05) is 91.9 Å². The lowest BCUT2D eigenvalue weighted by atomic mass is 9.99. The van der Waals surface area contributed by atoms with Crippen LogP contribution in [0.25, 0.3) is 6.08 Å². The lowest BCUT2D eigenvalue weighted by Crippen LogP contribution is -2.42. The predicted octanol–water partition coefficient (Wildman–Crippen LogP) is 6.39. The SMILES string of the molecule is C=C/C=C\C(=C/C)N1C(=O)/C(=C/c2ccc(C)cc2)C(=O)N=C1SCC(=O)NC(c1ccccc1)c1ccccc1. The van der Waals surface area contributed by atoms with Gasteiger partial charge in [-0.05, 0) is 42.7 Å². The van der Waals surface area contributed by atoms with Crippen molar-refractivity contribution in [3.8, 4) is 0 Å². The van der Waals surface area contributed by atoms with E-state index in [4.69, 9.17) is 0 Å². The van der Waals surface area contributed by atoms with Crippen LogP contribution in [0.2, 0.25) is 0 Å². The number of hydrogen-bond acceptors (Lipinski definition) is 4. The van der Waals surface area contributed by atoms with Crippen molar-refractivity contribution >= 4 is 40.7 Å². The summed E-state index contributed by atoms with van der Waals surface area (Å²) in [6, 6.07) is 26.5. The Hall–Kier alpha value is -4.75. The molecular formula is C34H31N3O3S. The molecule has 1 heterocycles. The molecule has 0 aliphatic carbocycles. The van der Waals surface area contributed by atoms with Gasteiger partial charge < -0.3 is 5.32 Å². The molecule has 6 nitrogen and oxygen atoms in total. The van der Waals surface area contributed by atoms with Crippen LogP contribution in [-0.2, 0) is 14.4 Å². The highest BCUT2D eigenvalue weighted by Crippen LogP contribution is 2.27. The number of aryl methyl sites for hydroxylation is 1. The number of allylic oxidation sites excluding steroid dienone is 4. The van der Waals surface area contributed by atoms with Crippen molar-refractivity contribution in [2.45, 2.75) is 19.9 Å². The molecule has 3 aromatic carbocycles. The van der Waals surface area contributed by atoms with E-state index in [-0.39, 0.29) is 28.4 Å². The number of amides is 3. The van der Waals surface area contributed by atoms with Crippen LogP contribution in [0, 0.1) is 6.92 Å². The minimum absolute atomic E-state index is 0.0504. The van der Waals surface area contributed by atoms with E-state index in [0.717, 1.165) is 34.0 Å². The second-order valence-corrected chi connectivity index (χ2v) is 10.2. The van der Waals surface area contributed by atoms with E-state index in [0.29, 0.717) is 5.70 Å². The number of nitrogens with zero attached hydrogens (tertiary/aromatic N) is 2. The van der Waals surface area contributed by atoms with E-state index >= 15 is 0 Å². The van der Waals surface area contributed by atoms with Crippen molar-refractivity contribution < 1.29 is 14.4 Å². The summed E-state index contributed by atoms with van der Waals surface area (Å²) < 4.78 is 0. The summed E-state index contributed by atoms with van der Waals surface area (Å²) in [7, 11) is 0. The number of rotatable bonds is 9. The van der Waals surface area contributed by atoms with Crippen molar-refractivity contribution in [3.05, 3.63) is 149 Å². The fourth-order valence-electron chi connectivity index (χ4n) is 4.22. The molecule has 3 aromatic rings. The minimum Gasteiger partial charge on any atom is -0.344 e. The number of carbonyl (C=O) groups is 3. The van der Waals surface area contributed by atoms with Crippen molar-refractivity contribution in [3.63, 3.8) is 0 Å². The number of hydrogen-bond donors (Lipinski definition) is 1. The van der Waals surface area contributed by atoms with E-state index in [1.165, 1.54) is 4.90 Å². The summed E-state index contributed by atoms with van der Waals surface area (Å²) >= 11 is 1.04. The molecule has 0 radical (unpaired) electrons. The molecule has 0 saturated heterocycles. The number of carbonyl (C=O) groups excluding carboxylic acids is 3. The zero-order valence-electron chi connectivity index (χ0n) is 23.0. The van der Waals surface area contributed by atoms with Gasteiger partial charge in [0.15, 0.2) is 5.17 Å². The zero-order valence-corrected chi connectivity index (χ0v) is 23.8. The molecule has 1 N–H and O–H groups in total. The summed E-state index contributed by atoms with van der Waals surface area (Å²) in [5.41, 5.74) is 4.12. The standard InChI is InChI=1S/C34H31N3O3S/c1-4-6-17-28(5-2)37-33(40)29(22-25-20-18-24(3)19-21-25)32(39)36-34(37)41-23-30(38)35-31(26-13-9-7-10-14-26)27-15-11-8-12-16-27/h4-22,31H,1,23H2,2-3H3,(H,35,38)/b17-6-,28-5+,29-22+. The van der Waals surface area contributed by atoms with Gasteiger partial charge in [-0.3, -0.25) is 19.3 Å². The van der Waals surface area contributed by atoms with Gasteiger partial charge in [0.05, 0.1) is 11.8 Å². The predicted molar refractivity (Wildman–Crippen MR) is 167 cm³/mol. The lowest BCUT2D eigenvalue weighted by Gasteiger charge is -2.28. The first-order chi connectivity index (χ1) is 19.9. The van der Waals surface area contributed by atoms with Gasteiger partial charge in [-0.25, -0.2) is 0 Å². The zero-order chi connectivity index (χ0) is 29.2. The molecular weight excluding hydrogens is 530 g/mol. The first kappa shape index (κ1) is 29.2. The maximum Gasteiger partial charge on any atom is 0.285 e. The Kier molecular flexibility index (Phi) is 10.0. The summed E-state index contributed by atoms with van der Waals surface area (Å²) in [5, 5.41) is 3.23. The smallest absolute Gasteiger partial charge is 0.285 e. The number of thioether (sulfide) groups is 1. The highest BCUT2D eigenvalue weighted by molar-refractivity contribution is 8.14. The molecule has 7 heteroatoms. The monoisotopic (exact) mass is 561 g/mol. The second-order valence-electron chi connectivity index (χ2n) is 9.23. The van der Waals surface area contributed by atoms with Crippen molar-refractivity contribution in [1.29, 1.82) is 0 Å². The Morgan fingerprint density at radius 2 is 1.59 bits per heavy atom. The van der Waals surface area contributed by atoms with Crippen LogP contribution in [0.1, 0.15) is 35.2 Å². The molecule has 0 fully saturated rings. The Labute approximate surface area is 244 Å². The quantitative estimate of drug-likeness (QED) is 0.187. The van der Waals surface area contributed by atoms with Gasteiger partial charge in [0.1, 0.15) is 5.57 Å². The van der Waals surface area contributed by atoms with Crippen LogP contribution >= 0.6 is 11.8 Å². The molecule has 1 aliphatic rings. The van der Waals surface area contributed by atoms with Gasteiger partial charge in [0.2, 0.25) is 5.91 Å². The summed E-state index contributed by atoms with van der Waals surface area (Å²) in [5.74, 6) is -1.48. The van der Waals surface area contributed by atoms with Gasteiger partial charge in [-0.1, -0.05) is 127 Å². The Morgan fingerprint density at radius 3 is 2.15 bits per heavy atom. The fraction of sp³-hybridized carbons (Fsp3) is 0.118. The van der Waals surface area contributed by atoms with Gasteiger partial charge >= 0.3 is 0 Å². The molecule has 0 unspecified atom stereocenters. The number of nitrogens with one attached hydrogen (secondary N) is 1. The van der Waals surface area contributed by atoms with Crippen LogP contribution in [-0.4, -0.2) is 33.5 Å². The van der Waals surface area contributed by atoms with Crippen LogP contribution in [0.15, 0.2) is 132 Å². The van der Waals surface area contributed by atoms with Gasteiger partial charge in [0.25, 0.3) is 11.8 Å². The van der Waals surface area contributed by atoms with Crippen molar-refractivity contribution in [1.82, 2.24) is 10.2 Å². The molecule has 0 saturated carbocycles. The van der Waals surface area contributed by atoms with Gasteiger partial charge in [-0.15, -0.1) is 0 Å². The second kappa shape index (κ2) is 14.1. The normalized spacial score (nSPS) is 15.0. The molecule has 206 valence electrons. The number of benzene rings is 3. The lowest BCUT2D eigenvalue weighted by molar-refractivity contribution is -0.126. The van der Waals surface area contributed by atoms with Crippen molar-refractivity contribution in [2.75, 3.05) is 5.75 Å². The summed E-state index contributed by atoms with van der Waals surface area (Å²) in [4.78, 5) is 45.6. The number of amidine groups is 1. The first-order valence-corrected chi connectivity index (χ1v) is 14.1. The van der Waals surface area contributed by atoms with E-state index in [9.17, 15) is 14.4 Å². The third-order valence-electron chi connectivity index (χ3n) is 6.30. The molecule has 41 heavy (non-hydrogen) atoms. The van der Waals surface area contributed by atoms with Crippen molar-refractivity contribution in [2.24, 2.45) is 4.99 Å².